The van der Waals surface area contributed by atoms with Crippen LogP contribution in [-0.4, -0.2) is 47.6 Å². The molecule has 0 aliphatic carbocycles. The van der Waals surface area contributed by atoms with Crippen LogP contribution >= 0.6 is 0 Å². The van der Waals surface area contributed by atoms with Gasteiger partial charge in [0, 0.05) is 24.7 Å². The summed E-state index contributed by atoms with van der Waals surface area (Å²) in [6.07, 6.45) is 11.9. The lowest BCUT2D eigenvalue weighted by atomic mass is 9.80. The second-order valence-electron chi connectivity index (χ2n) is 6.76. The number of piperidine rings is 3. The van der Waals surface area contributed by atoms with Crippen LogP contribution in [0.25, 0.3) is 0 Å². The SMILES string of the molecule is C1CCN2C3CC[C@H](CN4CCCC[C@@H]34)[C@H]2C1. The van der Waals surface area contributed by atoms with Crippen LogP contribution in [0.5, 0.6) is 0 Å². The fourth-order valence-corrected chi connectivity index (χ4v) is 5.25. The van der Waals surface area contributed by atoms with E-state index in [9.17, 15) is 0 Å². The lowest BCUT2D eigenvalue weighted by molar-refractivity contribution is 0.0134. The van der Waals surface area contributed by atoms with Gasteiger partial charge in [-0.2, -0.15) is 0 Å². The molecule has 0 amide bonds. The molecule has 5 fully saturated rings. The number of hydrogen-bond donors (Lipinski definition) is 0. The molecule has 5 rings (SSSR count). The monoisotopic (exact) mass is 234 g/mol. The average Bonchev–Trinajstić information content (AvgIpc) is 2.66. The highest BCUT2D eigenvalue weighted by atomic mass is 15.3. The third-order valence-electron chi connectivity index (χ3n) is 5.97. The Hall–Kier alpha value is -0.0800. The molecule has 4 atom stereocenters. The lowest BCUT2D eigenvalue weighted by Gasteiger charge is -2.48. The zero-order valence-electron chi connectivity index (χ0n) is 11.0. The highest BCUT2D eigenvalue weighted by Crippen LogP contribution is 2.42. The van der Waals surface area contributed by atoms with Crippen LogP contribution in [-0.2, 0) is 0 Å². The van der Waals surface area contributed by atoms with E-state index in [2.05, 4.69) is 9.80 Å². The number of fused-ring (bicyclic) bond motifs is 1. The highest BCUT2D eigenvalue weighted by Gasteiger charge is 2.47. The number of hydrogen-bond acceptors (Lipinski definition) is 2. The van der Waals surface area contributed by atoms with Gasteiger partial charge in [0.1, 0.15) is 0 Å². The van der Waals surface area contributed by atoms with Gasteiger partial charge in [-0.3, -0.25) is 9.80 Å². The van der Waals surface area contributed by atoms with Gasteiger partial charge in [-0.1, -0.05) is 12.8 Å². The molecular formula is C15H26N2. The molecule has 5 aliphatic heterocycles. The molecule has 2 nitrogen and oxygen atoms in total. The zero-order valence-corrected chi connectivity index (χ0v) is 11.0. The topological polar surface area (TPSA) is 6.48 Å². The summed E-state index contributed by atoms with van der Waals surface area (Å²) < 4.78 is 0. The highest BCUT2D eigenvalue weighted by molar-refractivity contribution is 5.03. The Labute approximate surface area is 105 Å². The van der Waals surface area contributed by atoms with Crippen LogP contribution in [0.2, 0.25) is 0 Å². The van der Waals surface area contributed by atoms with Crippen LogP contribution in [0.15, 0.2) is 0 Å². The fourth-order valence-electron chi connectivity index (χ4n) is 5.25. The summed E-state index contributed by atoms with van der Waals surface area (Å²) in [6.45, 7) is 4.25. The van der Waals surface area contributed by atoms with Crippen molar-refractivity contribution in [1.29, 1.82) is 0 Å². The van der Waals surface area contributed by atoms with E-state index in [1.54, 1.807) is 0 Å². The predicted octanol–water partition coefficient (Wildman–Crippen LogP) is 2.49. The molecule has 0 aromatic rings. The second kappa shape index (κ2) is 4.24. The Morgan fingerprint density at radius 2 is 1.47 bits per heavy atom. The summed E-state index contributed by atoms with van der Waals surface area (Å²) in [4.78, 5) is 5.83. The van der Waals surface area contributed by atoms with E-state index in [0.717, 1.165) is 24.0 Å². The lowest BCUT2D eigenvalue weighted by Crippen LogP contribution is -2.56. The summed E-state index contributed by atoms with van der Waals surface area (Å²) in [5.41, 5.74) is 0. The summed E-state index contributed by atoms with van der Waals surface area (Å²) in [7, 11) is 0. The Bertz CT molecular complexity index is 285. The van der Waals surface area contributed by atoms with Crippen LogP contribution in [0, 0.1) is 5.92 Å². The summed E-state index contributed by atoms with van der Waals surface area (Å²) in [6, 6.07) is 2.82. The molecule has 2 bridgehead atoms. The minimum Gasteiger partial charge on any atom is -0.298 e. The smallest absolute Gasteiger partial charge is 0.0254 e. The molecular weight excluding hydrogens is 208 g/mol. The maximum atomic E-state index is 2.95. The molecule has 0 aromatic carbocycles. The molecule has 0 saturated carbocycles. The minimum absolute atomic E-state index is 0.928. The van der Waals surface area contributed by atoms with Crippen molar-refractivity contribution in [1.82, 2.24) is 9.80 Å². The maximum absolute atomic E-state index is 2.95. The van der Waals surface area contributed by atoms with E-state index in [1.165, 1.54) is 71.0 Å². The van der Waals surface area contributed by atoms with Crippen LogP contribution in [0.4, 0.5) is 0 Å². The molecule has 17 heavy (non-hydrogen) atoms. The van der Waals surface area contributed by atoms with E-state index >= 15 is 0 Å². The van der Waals surface area contributed by atoms with Gasteiger partial charge in [0.25, 0.3) is 0 Å². The molecule has 0 N–H and O–H groups in total. The van der Waals surface area contributed by atoms with Crippen LogP contribution in [0.1, 0.15) is 51.4 Å². The van der Waals surface area contributed by atoms with E-state index < -0.39 is 0 Å². The molecule has 5 aliphatic rings. The molecule has 0 spiro atoms. The van der Waals surface area contributed by atoms with Gasteiger partial charge in [0.15, 0.2) is 0 Å². The molecule has 5 heterocycles. The summed E-state index contributed by atoms with van der Waals surface area (Å²) >= 11 is 0. The van der Waals surface area contributed by atoms with E-state index in [-0.39, 0.29) is 0 Å². The quantitative estimate of drug-likeness (QED) is 0.635. The van der Waals surface area contributed by atoms with Gasteiger partial charge in [0.2, 0.25) is 0 Å². The van der Waals surface area contributed by atoms with E-state index in [1.807, 2.05) is 0 Å². The normalized spacial score (nSPS) is 47.3. The van der Waals surface area contributed by atoms with Crippen molar-refractivity contribution in [3.05, 3.63) is 0 Å². The zero-order chi connectivity index (χ0) is 11.2. The Morgan fingerprint density at radius 1 is 0.647 bits per heavy atom. The van der Waals surface area contributed by atoms with Gasteiger partial charge in [-0.25, -0.2) is 0 Å². The van der Waals surface area contributed by atoms with Gasteiger partial charge < -0.3 is 0 Å². The van der Waals surface area contributed by atoms with Gasteiger partial charge in [-0.15, -0.1) is 0 Å². The predicted molar refractivity (Wildman–Crippen MR) is 70.1 cm³/mol. The molecule has 2 heteroatoms. The van der Waals surface area contributed by atoms with E-state index in [0.29, 0.717) is 0 Å². The molecule has 0 radical (unpaired) electrons. The van der Waals surface area contributed by atoms with Crippen LogP contribution in [0.3, 0.4) is 0 Å². The average molecular weight is 234 g/mol. The molecule has 1 unspecified atom stereocenters. The first-order valence-electron chi connectivity index (χ1n) is 7.93. The second-order valence-corrected chi connectivity index (χ2v) is 6.76. The fraction of sp³-hybridized carbons (Fsp3) is 1.00. The number of rotatable bonds is 0. The standard InChI is InChI=1S/C15H26N2/c1-3-9-16-11-12-7-8-15(14(16)6-1)17-10-4-2-5-13(12)17/h12-15H,1-11H2/t12-,13-,14+,15?/m1/s1. The van der Waals surface area contributed by atoms with Crippen molar-refractivity contribution in [3.63, 3.8) is 0 Å². The maximum Gasteiger partial charge on any atom is 0.0254 e. The largest absolute Gasteiger partial charge is 0.298 e. The summed E-state index contributed by atoms with van der Waals surface area (Å²) in [5.74, 6) is 1.01. The third kappa shape index (κ3) is 1.67. The Kier molecular flexibility index (Phi) is 2.69. The Balaban J connectivity index is 1.66. The summed E-state index contributed by atoms with van der Waals surface area (Å²) in [5, 5.41) is 0. The Morgan fingerprint density at radius 3 is 2.41 bits per heavy atom. The van der Waals surface area contributed by atoms with Crippen molar-refractivity contribution in [2.75, 3.05) is 19.6 Å². The van der Waals surface area contributed by atoms with Gasteiger partial charge in [-0.05, 0) is 57.5 Å². The first-order valence-corrected chi connectivity index (χ1v) is 7.93. The van der Waals surface area contributed by atoms with Crippen molar-refractivity contribution in [2.24, 2.45) is 5.92 Å². The number of nitrogens with zero attached hydrogens (tertiary/aromatic N) is 2. The van der Waals surface area contributed by atoms with Gasteiger partial charge in [0.05, 0.1) is 0 Å². The first kappa shape index (κ1) is 10.8. The first-order chi connectivity index (χ1) is 8.43. The van der Waals surface area contributed by atoms with Crippen LogP contribution < -0.4 is 0 Å². The van der Waals surface area contributed by atoms with Crippen molar-refractivity contribution in [2.45, 2.75) is 69.5 Å². The van der Waals surface area contributed by atoms with Crippen molar-refractivity contribution >= 4 is 0 Å². The minimum atomic E-state index is 0.928. The molecule has 5 saturated heterocycles. The molecule has 0 aromatic heterocycles. The van der Waals surface area contributed by atoms with Gasteiger partial charge >= 0.3 is 0 Å². The third-order valence-corrected chi connectivity index (χ3v) is 5.97. The molecule has 96 valence electrons. The van der Waals surface area contributed by atoms with Crippen molar-refractivity contribution < 1.29 is 0 Å². The van der Waals surface area contributed by atoms with E-state index in [4.69, 9.17) is 0 Å². The van der Waals surface area contributed by atoms with Crippen molar-refractivity contribution in [3.8, 4) is 0 Å².